The number of rotatable bonds is 6. The predicted molar refractivity (Wildman–Crippen MR) is 132 cm³/mol. The summed E-state index contributed by atoms with van der Waals surface area (Å²) in [5.41, 5.74) is 4.23. The second-order valence-corrected chi connectivity index (χ2v) is 8.18. The third-order valence-corrected chi connectivity index (χ3v) is 5.72. The van der Waals surface area contributed by atoms with Gasteiger partial charge in [-0.1, -0.05) is 89.9 Å². The number of halogens is 2. The van der Waals surface area contributed by atoms with Crippen molar-refractivity contribution in [2.24, 2.45) is 0 Å². The molecule has 0 spiro atoms. The second kappa shape index (κ2) is 9.86. The predicted octanol–water partition coefficient (Wildman–Crippen LogP) is 6.73. The number of anilines is 1. The third-order valence-electron chi connectivity index (χ3n) is 4.98. The van der Waals surface area contributed by atoms with E-state index in [1.54, 1.807) is 6.07 Å². The quantitative estimate of drug-likeness (QED) is 0.255. The van der Waals surface area contributed by atoms with Crippen LogP contribution in [0.3, 0.4) is 0 Å². The van der Waals surface area contributed by atoms with Gasteiger partial charge in [0, 0.05) is 17.3 Å². The highest BCUT2D eigenvalue weighted by Crippen LogP contribution is 2.24. The molecule has 4 aromatic rings. The fraction of sp³-hybridized carbons (Fsp3) is 0.0769. The molecule has 0 atom stereocenters. The van der Waals surface area contributed by atoms with Crippen LogP contribution >= 0.6 is 23.2 Å². The lowest BCUT2D eigenvalue weighted by Gasteiger charge is -2.09. The average molecular weight is 462 g/mol. The van der Waals surface area contributed by atoms with Gasteiger partial charge in [-0.3, -0.25) is 9.48 Å². The minimum Gasteiger partial charge on any atom is -0.305 e. The molecule has 0 unspecified atom stereocenters. The molecule has 32 heavy (non-hydrogen) atoms. The standard InChI is InChI=1S/C26H21Cl2N3O/c1-18-14-25(30-31(18)17-20-12-13-23(27)24(28)16-20)29-26(32)22(21-10-6-3-7-11-21)15-19-8-4-2-5-9-19/h2-16H,17H2,1H3,(H,29,30,32)/b22-15-. The van der Waals surface area contributed by atoms with Gasteiger partial charge in [0.05, 0.1) is 16.6 Å². The van der Waals surface area contributed by atoms with Gasteiger partial charge in [0.1, 0.15) is 0 Å². The minimum atomic E-state index is -0.223. The third kappa shape index (κ3) is 5.28. The molecule has 4 nitrogen and oxygen atoms in total. The zero-order chi connectivity index (χ0) is 22.5. The lowest BCUT2D eigenvalue weighted by atomic mass is 10.0. The highest BCUT2D eigenvalue weighted by Gasteiger charge is 2.15. The van der Waals surface area contributed by atoms with Gasteiger partial charge >= 0.3 is 0 Å². The zero-order valence-corrected chi connectivity index (χ0v) is 18.9. The van der Waals surface area contributed by atoms with Gasteiger partial charge in [0.15, 0.2) is 5.82 Å². The molecule has 4 rings (SSSR count). The van der Waals surface area contributed by atoms with E-state index in [4.69, 9.17) is 23.2 Å². The molecular weight excluding hydrogens is 441 g/mol. The number of hydrogen-bond donors (Lipinski definition) is 1. The van der Waals surface area contributed by atoms with E-state index in [0.717, 1.165) is 22.4 Å². The van der Waals surface area contributed by atoms with E-state index in [-0.39, 0.29) is 5.91 Å². The van der Waals surface area contributed by atoms with Crippen molar-refractivity contribution in [3.05, 3.63) is 117 Å². The summed E-state index contributed by atoms with van der Waals surface area (Å²) in [6.07, 6.45) is 1.88. The Morgan fingerprint density at radius 2 is 1.62 bits per heavy atom. The monoisotopic (exact) mass is 461 g/mol. The summed E-state index contributed by atoms with van der Waals surface area (Å²) in [7, 11) is 0. The van der Waals surface area contributed by atoms with Crippen molar-refractivity contribution < 1.29 is 4.79 Å². The second-order valence-electron chi connectivity index (χ2n) is 7.37. The first-order valence-corrected chi connectivity index (χ1v) is 10.9. The van der Waals surface area contributed by atoms with E-state index < -0.39 is 0 Å². The van der Waals surface area contributed by atoms with Gasteiger partial charge in [-0.15, -0.1) is 0 Å². The van der Waals surface area contributed by atoms with Crippen molar-refractivity contribution in [1.29, 1.82) is 0 Å². The molecule has 1 heterocycles. The Balaban J connectivity index is 1.58. The van der Waals surface area contributed by atoms with E-state index in [9.17, 15) is 4.79 Å². The number of hydrogen-bond acceptors (Lipinski definition) is 2. The zero-order valence-electron chi connectivity index (χ0n) is 17.4. The Bertz CT molecular complexity index is 1260. The van der Waals surface area contributed by atoms with Crippen LogP contribution in [0, 0.1) is 6.92 Å². The van der Waals surface area contributed by atoms with Crippen molar-refractivity contribution in [2.75, 3.05) is 5.32 Å². The summed E-state index contributed by atoms with van der Waals surface area (Å²) in [6, 6.07) is 26.7. The summed E-state index contributed by atoms with van der Waals surface area (Å²) in [6.45, 7) is 2.46. The first kappa shape index (κ1) is 21.9. The Labute approximate surface area is 197 Å². The van der Waals surface area contributed by atoms with E-state index in [1.807, 2.05) is 96.5 Å². The molecule has 1 N–H and O–H groups in total. The van der Waals surface area contributed by atoms with Gasteiger partial charge in [0.2, 0.25) is 0 Å². The largest absolute Gasteiger partial charge is 0.305 e. The maximum absolute atomic E-state index is 13.2. The van der Waals surface area contributed by atoms with Crippen LogP contribution in [0.2, 0.25) is 10.0 Å². The van der Waals surface area contributed by atoms with Gasteiger partial charge in [-0.2, -0.15) is 5.10 Å². The van der Waals surface area contributed by atoms with Gasteiger partial charge in [-0.05, 0) is 41.8 Å². The van der Waals surface area contributed by atoms with Crippen LogP contribution in [-0.4, -0.2) is 15.7 Å². The van der Waals surface area contributed by atoms with Crippen LogP contribution in [-0.2, 0) is 11.3 Å². The Hall–Kier alpha value is -3.34. The average Bonchev–Trinajstić information content (AvgIpc) is 3.14. The summed E-state index contributed by atoms with van der Waals surface area (Å²) in [5.74, 6) is 0.265. The van der Waals surface area contributed by atoms with E-state index >= 15 is 0 Å². The number of carbonyl (C=O) groups is 1. The summed E-state index contributed by atoms with van der Waals surface area (Å²) in [4.78, 5) is 13.2. The smallest absolute Gasteiger partial charge is 0.257 e. The molecule has 0 saturated carbocycles. The normalized spacial score (nSPS) is 11.4. The van der Waals surface area contributed by atoms with Crippen molar-refractivity contribution in [3.63, 3.8) is 0 Å². The van der Waals surface area contributed by atoms with Crippen LogP contribution in [0.25, 0.3) is 11.6 Å². The van der Waals surface area contributed by atoms with Crippen molar-refractivity contribution in [2.45, 2.75) is 13.5 Å². The Morgan fingerprint density at radius 3 is 2.31 bits per heavy atom. The van der Waals surface area contributed by atoms with Crippen LogP contribution in [0.1, 0.15) is 22.4 Å². The lowest BCUT2D eigenvalue weighted by Crippen LogP contribution is -2.14. The minimum absolute atomic E-state index is 0.223. The van der Waals surface area contributed by atoms with E-state index in [0.29, 0.717) is 28.0 Å². The van der Waals surface area contributed by atoms with Crippen LogP contribution in [0.15, 0.2) is 84.9 Å². The van der Waals surface area contributed by atoms with Crippen LogP contribution in [0.5, 0.6) is 0 Å². The van der Waals surface area contributed by atoms with Crippen LogP contribution in [0.4, 0.5) is 5.82 Å². The molecule has 0 aliphatic carbocycles. The van der Waals surface area contributed by atoms with Crippen molar-refractivity contribution >= 4 is 46.6 Å². The Kier molecular flexibility index (Phi) is 6.74. The summed E-state index contributed by atoms with van der Waals surface area (Å²) >= 11 is 12.1. The molecule has 160 valence electrons. The first-order valence-electron chi connectivity index (χ1n) is 10.1. The van der Waals surface area contributed by atoms with Crippen LogP contribution < -0.4 is 5.32 Å². The molecule has 0 radical (unpaired) electrons. The molecule has 0 fully saturated rings. The van der Waals surface area contributed by atoms with E-state index in [1.165, 1.54) is 0 Å². The number of nitrogens with one attached hydrogen (secondary N) is 1. The topological polar surface area (TPSA) is 46.9 Å². The maximum Gasteiger partial charge on any atom is 0.257 e. The highest BCUT2D eigenvalue weighted by molar-refractivity contribution is 6.42. The lowest BCUT2D eigenvalue weighted by molar-refractivity contribution is -0.111. The van der Waals surface area contributed by atoms with Gasteiger partial charge < -0.3 is 5.32 Å². The number of aromatic nitrogens is 2. The Morgan fingerprint density at radius 1 is 0.938 bits per heavy atom. The molecule has 6 heteroatoms. The number of amides is 1. The van der Waals surface area contributed by atoms with E-state index in [2.05, 4.69) is 10.4 Å². The molecular formula is C26H21Cl2N3O. The van der Waals surface area contributed by atoms with Gasteiger partial charge in [-0.25, -0.2) is 0 Å². The number of carbonyl (C=O) groups excluding carboxylic acids is 1. The van der Waals surface area contributed by atoms with Crippen molar-refractivity contribution in [3.8, 4) is 0 Å². The molecule has 0 aliphatic rings. The SMILES string of the molecule is Cc1cc(NC(=O)/C(=C\c2ccccc2)c2ccccc2)nn1Cc1ccc(Cl)c(Cl)c1. The number of benzene rings is 3. The molecule has 0 bridgehead atoms. The first-order chi connectivity index (χ1) is 15.5. The number of aryl methyl sites for hydroxylation is 1. The maximum atomic E-state index is 13.2. The van der Waals surface area contributed by atoms with Gasteiger partial charge in [0.25, 0.3) is 5.91 Å². The fourth-order valence-electron chi connectivity index (χ4n) is 3.34. The molecule has 3 aromatic carbocycles. The fourth-order valence-corrected chi connectivity index (χ4v) is 3.66. The molecule has 1 amide bonds. The molecule has 0 saturated heterocycles. The number of nitrogens with zero attached hydrogens (tertiary/aromatic N) is 2. The van der Waals surface area contributed by atoms with Crippen molar-refractivity contribution in [1.82, 2.24) is 9.78 Å². The summed E-state index contributed by atoms with van der Waals surface area (Å²) < 4.78 is 1.82. The molecule has 1 aromatic heterocycles. The highest BCUT2D eigenvalue weighted by atomic mass is 35.5. The summed E-state index contributed by atoms with van der Waals surface area (Å²) in [5, 5.41) is 8.52. The molecule has 0 aliphatic heterocycles.